The van der Waals surface area contributed by atoms with Crippen molar-refractivity contribution >= 4 is 10.0 Å². The van der Waals surface area contributed by atoms with Gasteiger partial charge >= 0.3 is 0 Å². The summed E-state index contributed by atoms with van der Waals surface area (Å²) in [5.74, 6) is 0.464. The molecule has 1 aromatic heterocycles. The van der Waals surface area contributed by atoms with Gasteiger partial charge in [-0.3, -0.25) is 4.68 Å². The molecule has 7 heteroatoms. The summed E-state index contributed by atoms with van der Waals surface area (Å²) in [5, 5.41) is 8.11. The average molecular weight is 310 g/mol. The first kappa shape index (κ1) is 13.7. The molecule has 2 atom stereocenters. The molecular formula is C14H22N4O2S. The predicted molar refractivity (Wildman–Crippen MR) is 78.5 cm³/mol. The maximum Gasteiger partial charge on any atom is 0.258 e. The second-order valence-electron chi connectivity index (χ2n) is 6.72. The molecule has 6 nitrogen and oxygen atoms in total. The smallest absolute Gasteiger partial charge is 0.258 e. The minimum Gasteiger partial charge on any atom is -0.312 e. The van der Waals surface area contributed by atoms with Crippen molar-refractivity contribution in [2.24, 2.45) is 7.05 Å². The van der Waals surface area contributed by atoms with Crippen molar-refractivity contribution in [3.63, 3.8) is 0 Å². The molecule has 3 aliphatic rings. The van der Waals surface area contributed by atoms with Gasteiger partial charge in [0.25, 0.3) is 10.0 Å². The Kier molecular flexibility index (Phi) is 2.96. The maximum absolute atomic E-state index is 12.8. The van der Waals surface area contributed by atoms with Crippen LogP contribution in [-0.2, 0) is 17.1 Å². The molecule has 1 aliphatic heterocycles. The van der Waals surface area contributed by atoms with Crippen molar-refractivity contribution in [1.82, 2.24) is 19.8 Å². The maximum atomic E-state index is 12.8. The van der Waals surface area contributed by atoms with Gasteiger partial charge in [-0.2, -0.15) is 5.10 Å². The predicted octanol–water partition coefficient (Wildman–Crippen LogP) is 0.860. The van der Waals surface area contributed by atoms with E-state index in [1.54, 1.807) is 13.1 Å². The van der Waals surface area contributed by atoms with E-state index in [2.05, 4.69) is 15.1 Å². The first-order chi connectivity index (χ1) is 10.0. The Morgan fingerprint density at radius 2 is 2.19 bits per heavy atom. The molecular weight excluding hydrogens is 288 g/mol. The Bertz CT molecular complexity index is 653. The van der Waals surface area contributed by atoms with E-state index in [0.29, 0.717) is 10.9 Å². The summed E-state index contributed by atoms with van der Waals surface area (Å²) in [6.45, 7) is 0.895. The Morgan fingerprint density at radius 1 is 1.38 bits per heavy atom. The van der Waals surface area contributed by atoms with Gasteiger partial charge in [-0.1, -0.05) is 0 Å². The van der Waals surface area contributed by atoms with Crippen LogP contribution in [0.15, 0.2) is 11.1 Å². The van der Waals surface area contributed by atoms with Gasteiger partial charge in [-0.05, 0) is 45.1 Å². The van der Waals surface area contributed by atoms with Gasteiger partial charge in [0.05, 0.1) is 5.69 Å². The van der Waals surface area contributed by atoms with Gasteiger partial charge in [0.1, 0.15) is 0 Å². The number of sulfonamides is 1. The summed E-state index contributed by atoms with van der Waals surface area (Å²) in [6, 6.07) is 2.03. The standard InChI is InChI=1S/C14H22N4O2S/c1-18-13(9-11(16-18)10-4-5-10)21(19,20)17-14-6-2-3-12(14)15-8-7-14/h9-10,12,15,17H,2-8H2,1H3. The number of nitrogens with zero attached hydrogens (tertiary/aromatic N) is 2. The van der Waals surface area contributed by atoms with Gasteiger partial charge in [-0.25, -0.2) is 13.1 Å². The van der Waals surface area contributed by atoms with Crippen molar-refractivity contribution in [3.05, 3.63) is 11.8 Å². The van der Waals surface area contributed by atoms with E-state index in [4.69, 9.17) is 0 Å². The molecule has 4 rings (SSSR count). The van der Waals surface area contributed by atoms with Crippen molar-refractivity contribution in [2.75, 3.05) is 6.54 Å². The molecule has 21 heavy (non-hydrogen) atoms. The highest BCUT2D eigenvalue weighted by Crippen LogP contribution is 2.41. The normalized spacial score (nSPS) is 32.5. The summed E-state index contributed by atoms with van der Waals surface area (Å²) < 4.78 is 30.1. The molecule has 2 unspecified atom stereocenters. The first-order valence-electron chi connectivity index (χ1n) is 7.81. The molecule has 2 saturated carbocycles. The van der Waals surface area contributed by atoms with Gasteiger partial charge in [0.15, 0.2) is 5.03 Å². The monoisotopic (exact) mass is 310 g/mol. The zero-order chi connectivity index (χ0) is 14.7. The van der Waals surface area contributed by atoms with Crippen LogP contribution in [0.25, 0.3) is 0 Å². The number of nitrogens with one attached hydrogen (secondary N) is 2. The SMILES string of the molecule is Cn1nc(C2CC2)cc1S(=O)(=O)NC12CCCC1NCC2. The van der Waals surface area contributed by atoms with Crippen LogP contribution in [0.4, 0.5) is 0 Å². The van der Waals surface area contributed by atoms with Gasteiger partial charge < -0.3 is 5.32 Å². The Hall–Kier alpha value is -0.920. The highest BCUT2D eigenvalue weighted by Gasteiger charge is 2.49. The van der Waals surface area contributed by atoms with E-state index in [1.807, 2.05) is 0 Å². The van der Waals surface area contributed by atoms with Crippen LogP contribution in [0.1, 0.15) is 50.1 Å². The summed E-state index contributed by atoms with van der Waals surface area (Å²) in [7, 11) is -1.79. The molecule has 2 aliphatic carbocycles. The van der Waals surface area contributed by atoms with Gasteiger partial charge in [0.2, 0.25) is 0 Å². The molecule has 0 aromatic carbocycles. The zero-order valence-corrected chi connectivity index (χ0v) is 13.1. The number of aryl methyl sites for hydroxylation is 1. The Morgan fingerprint density at radius 3 is 2.95 bits per heavy atom. The number of hydrogen-bond donors (Lipinski definition) is 2. The molecule has 0 spiro atoms. The number of aromatic nitrogens is 2. The molecule has 3 fully saturated rings. The van der Waals surface area contributed by atoms with Crippen LogP contribution in [0.2, 0.25) is 0 Å². The molecule has 1 saturated heterocycles. The average Bonchev–Trinajstić information content (AvgIpc) is 2.91. The molecule has 2 heterocycles. The molecule has 116 valence electrons. The summed E-state index contributed by atoms with van der Waals surface area (Å²) >= 11 is 0. The number of rotatable bonds is 4. The third kappa shape index (κ3) is 2.22. The van der Waals surface area contributed by atoms with Crippen LogP contribution < -0.4 is 10.0 Å². The third-order valence-corrected chi connectivity index (χ3v) is 6.82. The van der Waals surface area contributed by atoms with E-state index in [9.17, 15) is 8.42 Å². The lowest BCUT2D eigenvalue weighted by atomic mass is 9.95. The van der Waals surface area contributed by atoms with Crippen LogP contribution in [-0.4, -0.2) is 36.3 Å². The summed E-state index contributed by atoms with van der Waals surface area (Å²) in [6.07, 6.45) is 6.20. The second-order valence-corrected chi connectivity index (χ2v) is 8.35. The Labute approximate surface area is 125 Å². The quantitative estimate of drug-likeness (QED) is 0.865. The van der Waals surface area contributed by atoms with E-state index in [1.165, 1.54) is 4.68 Å². The topological polar surface area (TPSA) is 76.0 Å². The van der Waals surface area contributed by atoms with Crippen molar-refractivity contribution < 1.29 is 8.42 Å². The van der Waals surface area contributed by atoms with Crippen LogP contribution in [0.5, 0.6) is 0 Å². The lowest BCUT2D eigenvalue weighted by Gasteiger charge is -2.29. The number of hydrogen-bond acceptors (Lipinski definition) is 4. The van der Waals surface area contributed by atoms with Crippen LogP contribution in [0.3, 0.4) is 0 Å². The van der Waals surface area contributed by atoms with Gasteiger partial charge in [0, 0.05) is 30.6 Å². The highest BCUT2D eigenvalue weighted by molar-refractivity contribution is 7.89. The minimum atomic E-state index is -3.51. The molecule has 0 bridgehead atoms. The molecule has 0 amide bonds. The fraction of sp³-hybridized carbons (Fsp3) is 0.786. The summed E-state index contributed by atoms with van der Waals surface area (Å²) in [4.78, 5) is 0. The number of fused-ring (bicyclic) bond motifs is 1. The largest absolute Gasteiger partial charge is 0.312 e. The zero-order valence-electron chi connectivity index (χ0n) is 12.3. The van der Waals surface area contributed by atoms with Crippen LogP contribution >= 0.6 is 0 Å². The van der Waals surface area contributed by atoms with Crippen molar-refractivity contribution in [3.8, 4) is 0 Å². The van der Waals surface area contributed by atoms with E-state index >= 15 is 0 Å². The third-order valence-electron chi connectivity index (χ3n) is 5.21. The lowest BCUT2D eigenvalue weighted by Crippen LogP contribution is -2.52. The van der Waals surface area contributed by atoms with E-state index in [-0.39, 0.29) is 11.6 Å². The molecule has 1 aromatic rings. The fourth-order valence-corrected chi connectivity index (χ4v) is 5.58. The van der Waals surface area contributed by atoms with Crippen molar-refractivity contribution in [2.45, 2.75) is 61.0 Å². The van der Waals surface area contributed by atoms with E-state index in [0.717, 1.165) is 50.8 Å². The molecule has 0 radical (unpaired) electrons. The minimum absolute atomic E-state index is 0.281. The molecule has 2 N–H and O–H groups in total. The van der Waals surface area contributed by atoms with Gasteiger partial charge in [-0.15, -0.1) is 0 Å². The highest BCUT2D eigenvalue weighted by atomic mass is 32.2. The van der Waals surface area contributed by atoms with E-state index < -0.39 is 10.0 Å². The Balaban J connectivity index is 1.64. The fourth-order valence-electron chi connectivity index (χ4n) is 3.93. The van der Waals surface area contributed by atoms with Crippen LogP contribution in [0, 0.1) is 0 Å². The first-order valence-corrected chi connectivity index (χ1v) is 9.30. The lowest BCUT2D eigenvalue weighted by molar-refractivity contribution is 0.374. The second kappa shape index (κ2) is 4.54. The summed E-state index contributed by atoms with van der Waals surface area (Å²) in [5.41, 5.74) is 0.631. The van der Waals surface area contributed by atoms with Crippen molar-refractivity contribution in [1.29, 1.82) is 0 Å².